The van der Waals surface area contributed by atoms with Gasteiger partial charge in [0.2, 0.25) is 5.78 Å². The largest absolute Gasteiger partial charge is 0.288 e. The molecule has 26 heavy (non-hydrogen) atoms. The van der Waals surface area contributed by atoms with E-state index < -0.39 is 0 Å². The molecule has 6 nitrogen and oxygen atoms in total. The number of hydrogen-bond donors (Lipinski definition) is 0. The molecule has 0 aliphatic carbocycles. The number of nitrogens with zero attached hydrogens (tertiary/aromatic N) is 5. The Hall–Kier alpha value is -2.77. The van der Waals surface area contributed by atoms with Crippen molar-refractivity contribution in [1.82, 2.24) is 24.1 Å². The van der Waals surface area contributed by atoms with E-state index in [2.05, 4.69) is 33.8 Å². The highest BCUT2D eigenvalue weighted by Crippen LogP contribution is 2.20. The smallest absolute Gasteiger partial charge is 0.272 e. The first-order chi connectivity index (χ1) is 12.7. The van der Waals surface area contributed by atoms with E-state index >= 15 is 0 Å². The van der Waals surface area contributed by atoms with E-state index in [0.717, 1.165) is 29.1 Å². The highest BCUT2D eigenvalue weighted by Gasteiger charge is 2.17. The highest BCUT2D eigenvalue weighted by molar-refractivity contribution is 7.17. The van der Waals surface area contributed by atoms with Crippen LogP contribution in [0.3, 0.4) is 0 Å². The summed E-state index contributed by atoms with van der Waals surface area (Å²) >= 11 is 1.45. The molecule has 4 aromatic rings. The van der Waals surface area contributed by atoms with Crippen molar-refractivity contribution in [2.75, 3.05) is 6.54 Å². The Bertz CT molecular complexity index is 1130. The van der Waals surface area contributed by atoms with Crippen LogP contribution in [0.15, 0.2) is 59.2 Å². The van der Waals surface area contributed by atoms with E-state index in [1.54, 1.807) is 11.6 Å². The molecule has 0 aliphatic heterocycles. The standard InChI is InChI=1S/C19H19N5OS/c1-3-10-23(12-14-7-5-4-6-8-14)13-16-20-21-19-22(2)18(25)17-15(24(16)19)9-11-26-17/h3-9,11H,1,10,12-13H2,2H3. The molecule has 1 aromatic carbocycles. The van der Waals surface area contributed by atoms with Crippen LogP contribution in [0, 0.1) is 0 Å². The van der Waals surface area contributed by atoms with Crippen LogP contribution < -0.4 is 5.56 Å². The van der Waals surface area contributed by atoms with Crippen LogP contribution in [-0.4, -0.2) is 30.6 Å². The average molecular weight is 365 g/mol. The third-order valence-electron chi connectivity index (χ3n) is 4.40. The summed E-state index contributed by atoms with van der Waals surface area (Å²) in [5.74, 6) is 1.38. The van der Waals surface area contributed by atoms with E-state index in [9.17, 15) is 4.79 Å². The first-order valence-electron chi connectivity index (χ1n) is 8.36. The van der Waals surface area contributed by atoms with E-state index in [-0.39, 0.29) is 5.56 Å². The van der Waals surface area contributed by atoms with E-state index in [1.807, 2.05) is 40.1 Å². The van der Waals surface area contributed by atoms with Crippen LogP contribution >= 0.6 is 11.3 Å². The molecule has 3 aromatic heterocycles. The highest BCUT2D eigenvalue weighted by atomic mass is 32.1. The zero-order valence-electron chi connectivity index (χ0n) is 14.5. The summed E-state index contributed by atoms with van der Waals surface area (Å²) < 4.78 is 4.26. The van der Waals surface area contributed by atoms with Crippen molar-refractivity contribution >= 4 is 27.3 Å². The predicted molar refractivity (Wildman–Crippen MR) is 104 cm³/mol. The lowest BCUT2D eigenvalue weighted by molar-refractivity contribution is 0.278. The van der Waals surface area contributed by atoms with Gasteiger partial charge in [0.15, 0.2) is 5.82 Å². The van der Waals surface area contributed by atoms with Gasteiger partial charge in [-0.25, -0.2) is 0 Å². The van der Waals surface area contributed by atoms with E-state index in [1.165, 1.54) is 16.9 Å². The molecule has 0 fully saturated rings. The number of hydrogen-bond acceptors (Lipinski definition) is 5. The predicted octanol–water partition coefficient (Wildman–Crippen LogP) is 2.83. The van der Waals surface area contributed by atoms with Gasteiger partial charge >= 0.3 is 0 Å². The second-order valence-electron chi connectivity index (χ2n) is 6.19. The van der Waals surface area contributed by atoms with Crippen molar-refractivity contribution < 1.29 is 0 Å². The fourth-order valence-electron chi connectivity index (χ4n) is 3.16. The lowest BCUT2D eigenvalue weighted by Crippen LogP contribution is -2.25. The number of thiophene rings is 1. The lowest BCUT2D eigenvalue weighted by atomic mass is 10.2. The van der Waals surface area contributed by atoms with Gasteiger partial charge in [-0.05, 0) is 17.0 Å². The second-order valence-corrected chi connectivity index (χ2v) is 7.11. The first-order valence-corrected chi connectivity index (χ1v) is 9.24. The molecule has 0 unspecified atom stereocenters. The summed E-state index contributed by atoms with van der Waals surface area (Å²) in [7, 11) is 1.74. The lowest BCUT2D eigenvalue weighted by Gasteiger charge is -2.20. The fraction of sp³-hybridized carbons (Fsp3) is 0.211. The number of aromatic nitrogens is 4. The Morgan fingerprint density at radius 1 is 1.19 bits per heavy atom. The van der Waals surface area contributed by atoms with Crippen LogP contribution in [-0.2, 0) is 20.1 Å². The van der Waals surface area contributed by atoms with Gasteiger partial charge in [-0.15, -0.1) is 28.1 Å². The van der Waals surface area contributed by atoms with Crippen LogP contribution in [0.25, 0.3) is 16.0 Å². The summed E-state index contributed by atoms with van der Waals surface area (Å²) in [6.45, 7) is 6.02. The van der Waals surface area contributed by atoms with Gasteiger partial charge in [-0.2, -0.15) is 0 Å². The Morgan fingerprint density at radius 2 is 2.00 bits per heavy atom. The molecule has 0 spiro atoms. The number of aryl methyl sites for hydroxylation is 1. The quantitative estimate of drug-likeness (QED) is 0.493. The number of benzene rings is 1. The third-order valence-corrected chi connectivity index (χ3v) is 5.29. The third kappa shape index (κ3) is 2.85. The van der Waals surface area contributed by atoms with Crippen molar-refractivity contribution in [1.29, 1.82) is 0 Å². The molecule has 0 N–H and O–H groups in total. The minimum absolute atomic E-state index is 0.0336. The Labute approximate surface area is 154 Å². The second kappa shape index (κ2) is 6.86. The van der Waals surface area contributed by atoms with E-state index in [4.69, 9.17) is 0 Å². The van der Waals surface area contributed by atoms with E-state index in [0.29, 0.717) is 12.3 Å². The van der Waals surface area contributed by atoms with Gasteiger partial charge in [-0.3, -0.25) is 18.7 Å². The molecule has 0 saturated heterocycles. The molecule has 0 atom stereocenters. The Morgan fingerprint density at radius 3 is 2.77 bits per heavy atom. The van der Waals surface area contributed by atoms with Gasteiger partial charge in [0.25, 0.3) is 5.56 Å². The fourth-order valence-corrected chi connectivity index (χ4v) is 4.02. The molecular weight excluding hydrogens is 346 g/mol. The van der Waals surface area contributed by atoms with Gasteiger partial charge in [0, 0.05) is 20.1 Å². The van der Waals surface area contributed by atoms with Crippen LogP contribution in [0.2, 0.25) is 0 Å². The van der Waals surface area contributed by atoms with Crippen molar-refractivity contribution in [3.05, 3.63) is 76.2 Å². The van der Waals surface area contributed by atoms with Crippen molar-refractivity contribution in [3.63, 3.8) is 0 Å². The summed E-state index contributed by atoms with van der Waals surface area (Å²) in [5, 5.41) is 10.6. The first kappa shape index (κ1) is 16.7. The average Bonchev–Trinajstić information content (AvgIpc) is 3.28. The van der Waals surface area contributed by atoms with Gasteiger partial charge in [-0.1, -0.05) is 36.4 Å². The van der Waals surface area contributed by atoms with Gasteiger partial charge in [0.05, 0.1) is 12.1 Å². The molecular formula is C19H19N5OS. The zero-order valence-corrected chi connectivity index (χ0v) is 15.3. The molecule has 0 aliphatic rings. The molecule has 0 bridgehead atoms. The maximum Gasteiger partial charge on any atom is 0.272 e. The Kier molecular flexibility index (Phi) is 4.40. The summed E-state index contributed by atoms with van der Waals surface area (Å²) in [4.78, 5) is 14.7. The molecule has 0 saturated carbocycles. The maximum atomic E-state index is 12.4. The molecule has 0 radical (unpaired) electrons. The molecule has 0 amide bonds. The van der Waals surface area contributed by atoms with Crippen molar-refractivity contribution in [2.45, 2.75) is 13.1 Å². The SMILES string of the molecule is C=CCN(Cc1ccccc1)Cc1nnc2n(C)c(=O)c3sccc3n12. The van der Waals surface area contributed by atoms with Crippen molar-refractivity contribution in [2.24, 2.45) is 7.05 Å². The maximum absolute atomic E-state index is 12.4. The Balaban J connectivity index is 1.76. The molecule has 7 heteroatoms. The number of fused-ring (bicyclic) bond motifs is 3. The molecule has 4 rings (SSSR count). The van der Waals surface area contributed by atoms with Gasteiger partial charge in [0.1, 0.15) is 4.70 Å². The van der Waals surface area contributed by atoms with Crippen LogP contribution in [0.4, 0.5) is 0 Å². The normalized spacial score (nSPS) is 11.6. The minimum atomic E-state index is -0.0336. The summed E-state index contributed by atoms with van der Waals surface area (Å²) in [6.07, 6.45) is 1.89. The van der Waals surface area contributed by atoms with Crippen molar-refractivity contribution in [3.8, 4) is 0 Å². The molecule has 3 heterocycles. The molecule has 132 valence electrons. The topological polar surface area (TPSA) is 55.4 Å². The van der Waals surface area contributed by atoms with Crippen LogP contribution in [0.1, 0.15) is 11.4 Å². The minimum Gasteiger partial charge on any atom is -0.288 e. The summed E-state index contributed by atoms with van der Waals surface area (Å²) in [6, 6.07) is 12.3. The van der Waals surface area contributed by atoms with Gasteiger partial charge < -0.3 is 0 Å². The van der Waals surface area contributed by atoms with Crippen LogP contribution in [0.5, 0.6) is 0 Å². The monoisotopic (exact) mass is 365 g/mol. The zero-order chi connectivity index (χ0) is 18.1. The summed E-state index contributed by atoms with van der Waals surface area (Å²) in [5.41, 5.74) is 2.07. The number of rotatable bonds is 6.